The number of hydrogen-bond acceptors (Lipinski definition) is 3. The first-order chi connectivity index (χ1) is 7.78. The summed E-state index contributed by atoms with van der Waals surface area (Å²) >= 11 is 0. The van der Waals surface area contributed by atoms with Gasteiger partial charge in [0.2, 0.25) is 0 Å². The molecule has 16 heavy (non-hydrogen) atoms. The van der Waals surface area contributed by atoms with E-state index in [9.17, 15) is 4.79 Å². The summed E-state index contributed by atoms with van der Waals surface area (Å²) in [5, 5.41) is 0. The Kier molecular flexibility index (Phi) is 3.00. The third kappa shape index (κ3) is 2.48. The minimum Gasteiger partial charge on any atom is -0.497 e. The smallest absolute Gasteiger partial charge is 0.345 e. The van der Waals surface area contributed by atoms with Crippen LogP contribution in [0.2, 0.25) is 0 Å². The van der Waals surface area contributed by atoms with Gasteiger partial charge in [-0.15, -0.1) is 0 Å². The van der Waals surface area contributed by atoms with E-state index in [1.54, 1.807) is 13.2 Å². The maximum Gasteiger partial charge on any atom is 0.345 e. The maximum absolute atomic E-state index is 11.0. The number of nitrogens with one attached hydrogen (secondary N) is 1. The van der Waals surface area contributed by atoms with Gasteiger partial charge in [0.05, 0.1) is 7.11 Å². The lowest BCUT2D eigenvalue weighted by atomic mass is 10.1. The highest BCUT2D eigenvalue weighted by molar-refractivity contribution is 5.29. The molecule has 0 fully saturated rings. The minimum atomic E-state index is -0.314. The summed E-state index contributed by atoms with van der Waals surface area (Å²) in [5.74, 6) is 0.826. The van der Waals surface area contributed by atoms with Crippen molar-refractivity contribution >= 4 is 0 Å². The summed E-state index contributed by atoms with van der Waals surface area (Å²) in [6, 6.07) is 9.53. The molecule has 2 aromatic rings. The molecule has 1 N–H and O–H groups in total. The zero-order valence-electron chi connectivity index (χ0n) is 8.93. The first-order valence-electron chi connectivity index (χ1n) is 4.95. The Morgan fingerprint density at radius 1 is 1.25 bits per heavy atom. The molecule has 0 bridgehead atoms. The van der Waals surface area contributed by atoms with Gasteiger partial charge in [0.25, 0.3) is 0 Å². The number of methoxy groups -OCH3 is 1. The van der Waals surface area contributed by atoms with Gasteiger partial charge in [-0.3, -0.25) is 0 Å². The van der Waals surface area contributed by atoms with Crippen LogP contribution in [0.25, 0.3) is 0 Å². The lowest BCUT2D eigenvalue weighted by Gasteiger charge is -2.03. The average Bonchev–Trinajstić information content (AvgIpc) is 2.30. The van der Waals surface area contributed by atoms with Crippen LogP contribution in [0.15, 0.2) is 41.3 Å². The van der Waals surface area contributed by atoms with Crippen LogP contribution >= 0.6 is 0 Å². The van der Waals surface area contributed by atoms with Gasteiger partial charge in [0, 0.05) is 18.3 Å². The van der Waals surface area contributed by atoms with Crippen molar-refractivity contribution < 1.29 is 4.74 Å². The van der Waals surface area contributed by atoms with Crippen LogP contribution in [0, 0.1) is 0 Å². The molecule has 2 rings (SSSR count). The topological polar surface area (TPSA) is 55.0 Å². The standard InChI is InChI=1S/C12H12N2O2/c1-16-11-4-2-9(3-5-11)8-10-6-7-13-12(15)14-10/h2-7H,8H2,1H3,(H,13,14,15). The molecular formula is C12H12N2O2. The van der Waals surface area contributed by atoms with Gasteiger partial charge in [-0.05, 0) is 23.8 Å². The fraction of sp³-hybridized carbons (Fsp3) is 0.167. The van der Waals surface area contributed by atoms with Gasteiger partial charge in [-0.25, -0.2) is 9.78 Å². The van der Waals surface area contributed by atoms with Crippen LogP contribution in [-0.2, 0) is 6.42 Å². The zero-order chi connectivity index (χ0) is 11.4. The quantitative estimate of drug-likeness (QED) is 0.843. The Morgan fingerprint density at radius 3 is 2.62 bits per heavy atom. The van der Waals surface area contributed by atoms with Crippen molar-refractivity contribution in [1.29, 1.82) is 0 Å². The fourth-order valence-electron chi connectivity index (χ4n) is 1.47. The van der Waals surface area contributed by atoms with E-state index in [1.165, 1.54) is 6.20 Å². The van der Waals surface area contributed by atoms with Crippen molar-refractivity contribution in [3.05, 3.63) is 58.3 Å². The second kappa shape index (κ2) is 4.61. The Hall–Kier alpha value is -2.10. The summed E-state index contributed by atoms with van der Waals surface area (Å²) in [7, 11) is 1.63. The Bertz CT molecular complexity index is 517. The van der Waals surface area contributed by atoms with Crippen molar-refractivity contribution in [1.82, 2.24) is 9.97 Å². The predicted molar refractivity (Wildman–Crippen MR) is 60.7 cm³/mol. The summed E-state index contributed by atoms with van der Waals surface area (Å²) in [6.07, 6.45) is 2.19. The highest BCUT2D eigenvalue weighted by atomic mass is 16.5. The first kappa shape index (κ1) is 10.4. The number of benzene rings is 1. The lowest BCUT2D eigenvalue weighted by molar-refractivity contribution is 0.414. The largest absolute Gasteiger partial charge is 0.497 e. The number of rotatable bonds is 3. The predicted octanol–water partition coefficient (Wildman–Crippen LogP) is 1.37. The van der Waals surface area contributed by atoms with Gasteiger partial charge in [-0.1, -0.05) is 12.1 Å². The third-order valence-electron chi connectivity index (χ3n) is 2.29. The summed E-state index contributed by atoms with van der Waals surface area (Å²) in [6.45, 7) is 0. The zero-order valence-corrected chi connectivity index (χ0v) is 8.93. The third-order valence-corrected chi connectivity index (χ3v) is 2.29. The molecule has 4 heteroatoms. The van der Waals surface area contributed by atoms with Crippen LogP contribution in [-0.4, -0.2) is 17.1 Å². The average molecular weight is 216 g/mol. The second-order valence-electron chi connectivity index (χ2n) is 3.43. The van der Waals surface area contributed by atoms with E-state index in [1.807, 2.05) is 24.3 Å². The molecular weight excluding hydrogens is 204 g/mol. The van der Waals surface area contributed by atoms with Crippen LogP contribution in [0.3, 0.4) is 0 Å². The molecule has 1 heterocycles. The number of ether oxygens (including phenoxy) is 1. The lowest BCUT2D eigenvalue weighted by Crippen LogP contribution is -2.11. The molecule has 0 aliphatic carbocycles. The van der Waals surface area contributed by atoms with E-state index in [0.717, 1.165) is 17.0 Å². The molecule has 0 spiro atoms. The van der Waals surface area contributed by atoms with Crippen LogP contribution in [0.1, 0.15) is 11.3 Å². The van der Waals surface area contributed by atoms with Crippen molar-refractivity contribution in [2.45, 2.75) is 6.42 Å². The number of H-pyrrole nitrogens is 1. The molecule has 0 amide bonds. The Balaban J connectivity index is 2.17. The van der Waals surface area contributed by atoms with E-state index < -0.39 is 0 Å². The van der Waals surface area contributed by atoms with Crippen molar-refractivity contribution in [2.24, 2.45) is 0 Å². The normalized spacial score (nSPS) is 10.1. The summed E-state index contributed by atoms with van der Waals surface area (Å²) in [5.41, 5.74) is 1.65. The summed E-state index contributed by atoms with van der Waals surface area (Å²) < 4.78 is 5.07. The molecule has 0 aliphatic rings. The molecule has 82 valence electrons. The van der Waals surface area contributed by atoms with E-state index >= 15 is 0 Å². The Labute approximate surface area is 92.9 Å². The van der Waals surface area contributed by atoms with Crippen molar-refractivity contribution in [3.63, 3.8) is 0 Å². The van der Waals surface area contributed by atoms with Gasteiger partial charge in [-0.2, -0.15) is 0 Å². The van der Waals surface area contributed by atoms with Crippen LogP contribution in [0.5, 0.6) is 5.75 Å². The van der Waals surface area contributed by atoms with Crippen molar-refractivity contribution in [3.8, 4) is 5.75 Å². The molecule has 0 saturated carbocycles. The molecule has 1 aromatic carbocycles. The van der Waals surface area contributed by atoms with E-state index in [2.05, 4.69) is 9.97 Å². The van der Waals surface area contributed by atoms with Gasteiger partial charge >= 0.3 is 5.69 Å². The highest BCUT2D eigenvalue weighted by Crippen LogP contribution is 2.13. The maximum atomic E-state index is 11.0. The molecule has 0 atom stereocenters. The van der Waals surface area contributed by atoms with Crippen LogP contribution in [0.4, 0.5) is 0 Å². The first-order valence-corrected chi connectivity index (χ1v) is 4.95. The highest BCUT2D eigenvalue weighted by Gasteiger charge is 1.98. The van der Waals surface area contributed by atoms with Crippen LogP contribution < -0.4 is 10.4 Å². The second-order valence-corrected chi connectivity index (χ2v) is 3.43. The molecule has 1 aromatic heterocycles. The monoisotopic (exact) mass is 216 g/mol. The molecule has 0 unspecified atom stereocenters. The minimum absolute atomic E-state index is 0.314. The van der Waals surface area contributed by atoms with Crippen molar-refractivity contribution in [2.75, 3.05) is 7.11 Å². The molecule has 0 radical (unpaired) electrons. The molecule has 0 saturated heterocycles. The molecule has 4 nitrogen and oxygen atoms in total. The summed E-state index contributed by atoms with van der Waals surface area (Å²) in [4.78, 5) is 17.3. The number of nitrogens with zero attached hydrogens (tertiary/aromatic N) is 1. The van der Waals surface area contributed by atoms with Gasteiger partial charge in [0.15, 0.2) is 0 Å². The van der Waals surface area contributed by atoms with Gasteiger partial charge < -0.3 is 9.72 Å². The van der Waals surface area contributed by atoms with Gasteiger partial charge in [0.1, 0.15) is 5.75 Å². The van der Waals surface area contributed by atoms with E-state index in [0.29, 0.717) is 6.42 Å². The van der Waals surface area contributed by atoms with E-state index in [-0.39, 0.29) is 5.69 Å². The Morgan fingerprint density at radius 2 is 2.00 bits per heavy atom. The molecule has 0 aliphatic heterocycles. The number of hydrogen-bond donors (Lipinski definition) is 1. The number of aromatic amines is 1. The fourth-order valence-corrected chi connectivity index (χ4v) is 1.47. The van der Waals surface area contributed by atoms with E-state index in [4.69, 9.17) is 4.74 Å². The SMILES string of the molecule is COc1ccc(Cc2ccnc(=O)[nH]2)cc1. The number of aromatic nitrogens is 2.